The van der Waals surface area contributed by atoms with Crippen LogP contribution >= 0.6 is 0 Å². The van der Waals surface area contributed by atoms with Crippen LogP contribution in [0.5, 0.6) is 0 Å². The predicted molar refractivity (Wildman–Crippen MR) is 39.5 cm³/mol. The summed E-state index contributed by atoms with van der Waals surface area (Å²) in [6.45, 7) is 5.87. The Bertz CT molecular complexity index is 83.0. The van der Waals surface area contributed by atoms with Gasteiger partial charge in [-0.3, -0.25) is 0 Å². The van der Waals surface area contributed by atoms with E-state index in [0.29, 0.717) is 0 Å². The van der Waals surface area contributed by atoms with Crippen LogP contribution in [0.25, 0.3) is 0 Å². The minimum absolute atomic E-state index is 0.856. The molecule has 1 aliphatic heterocycles. The van der Waals surface area contributed by atoms with Gasteiger partial charge in [0.1, 0.15) is 0 Å². The first-order chi connectivity index (χ1) is 4.34. The van der Waals surface area contributed by atoms with Crippen molar-refractivity contribution >= 4 is 0 Å². The van der Waals surface area contributed by atoms with Crippen molar-refractivity contribution in [3.63, 3.8) is 0 Å². The minimum atomic E-state index is 0.856. The molecule has 2 heteroatoms. The summed E-state index contributed by atoms with van der Waals surface area (Å²) in [7, 11) is 2.02. The third-order valence-corrected chi connectivity index (χ3v) is 2.14. The van der Waals surface area contributed by atoms with Crippen LogP contribution in [-0.2, 0) is 0 Å². The van der Waals surface area contributed by atoms with Gasteiger partial charge in [0.05, 0.1) is 0 Å². The van der Waals surface area contributed by atoms with Gasteiger partial charge in [-0.05, 0) is 38.5 Å². The quantitative estimate of drug-likeness (QED) is 0.549. The summed E-state index contributed by atoms with van der Waals surface area (Å²) in [5.41, 5.74) is 0. The summed E-state index contributed by atoms with van der Waals surface area (Å²) in [4.78, 5) is 0. The summed E-state index contributed by atoms with van der Waals surface area (Å²) in [5, 5.41) is 6.57. The van der Waals surface area contributed by atoms with Crippen LogP contribution in [0.15, 0.2) is 0 Å². The lowest BCUT2D eigenvalue weighted by Crippen LogP contribution is -2.23. The first-order valence-electron chi connectivity index (χ1n) is 3.70. The van der Waals surface area contributed by atoms with Crippen molar-refractivity contribution in [3.05, 3.63) is 0 Å². The minimum Gasteiger partial charge on any atom is -0.319 e. The highest BCUT2D eigenvalue weighted by Crippen LogP contribution is 2.13. The van der Waals surface area contributed by atoms with Gasteiger partial charge in [-0.1, -0.05) is 6.92 Å². The van der Waals surface area contributed by atoms with E-state index < -0.39 is 0 Å². The number of hydrogen-bond acceptors (Lipinski definition) is 2. The second-order valence-electron chi connectivity index (χ2n) is 2.95. The van der Waals surface area contributed by atoms with E-state index in [2.05, 4.69) is 17.6 Å². The summed E-state index contributed by atoms with van der Waals surface area (Å²) in [6.07, 6.45) is 0. The van der Waals surface area contributed by atoms with Gasteiger partial charge in [-0.2, -0.15) is 0 Å². The fraction of sp³-hybridized carbons (Fsp3) is 1.00. The maximum atomic E-state index is 3.37. The van der Waals surface area contributed by atoms with Gasteiger partial charge < -0.3 is 10.6 Å². The molecule has 1 aliphatic rings. The Balaban J connectivity index is 2.22. The Morgan fingerprint density at radius 1 is 1.56 bits per heavy atom. The van der Waals surface area contributed by atoms with Crippen molar-refractivity contribution in [2.75, 3.05) is 26.7 Å². The predicted octanol–water partition coefficient (Wildman–Crippen LogP) is 0.0613. The lowest BCUT2D eigenvalue weighted by atomic mass is 9.98. The molecule has 0 radical (unpaired) electrons. The molecule has 1 heterocycles. The van der Waals surface area contributed by atoms with Gasteiger partial charge in [0.2, 0.25) is 0 Å². The molecule has 54 valence electrons. The van der Waals surface area contributed by atoms with E-state index in [1.54, 1.807) is 0 Å². The largest absolute Gasteiger partial charge is 0.319 e. The molecule has 0 saturated carbocycles. The lowest BCUT2D eigenvalue weighted by Gasteiger charge is -2.11. The molecule has 0 bridgehead atoms. The van der Waals surface area contributed by atoms with Gasteiger partial charge in [0.15, 0.2) is 0 Å². The van der Waals surface area contributed by atoms with Crippen molar-refractivity contribution in [1.29, 1.82) is 0 Å². The molecule has 0 aromatic rings. The lowest BCUT2D eigenvalue weighted by molar-refractivity contribution is 0.435. The average Bonchev–Trinajstić information content (AvgIpc) is 2.18. The molecule has 2 N–H and O–H groups in total. The van der Waals surface area contributed by atoms with Gasteiger partial charge in [-0.15, -0.1) is 0 Å². The Hall–Kier alpha value is -0.0800. The second-order valence-corrected chi connectivity index (χ2v) is 2.95. The Labute approximate surface area is 57.0 Å². The summed E-state index contributed by atoms with van der Waals surface area (Å²) < 4.78 is 0. The molecule has 0 amide bonds. The monoisotopic (exact) mass is 128 g/mol. The fourth-order valence-electron chi connectivity index (χ4n) is 1.40. The van der Waals surface area contributed by atoms with Crippen molar-refractivity contribution in [2.24, 2.45) is 11.8 Å². The van der Waals surface area contributed by atoms with Gasteiger partial charge in [0, 0.05) is 0 Å². The Morgan fingerprint density at radius 2 is 2.33 bits per heavy atom. The molecule has 1 rings (SSSR count). The van der Waals surface area contributed by atoms with Crippen LogP contribution in [0.1, 0.15) is 6.92 Å². The van der Waals surface area contributed by atoms with Crippen LogP contribution in [0.3, 0.4) is 0 Å². The third kappa shape index (κ3) is 1.66. The fourth-order valence-corrected chi connectivity index (χ4v) is 1.40. The molecule has 2 unspecified atom stereocenters. The van der Waals surface area contributed by atoms with Crippen molar-refractivity contribution < 1.29 is 0 Å². The van der Waals surface area contributed by atoms with Crippen LogP contribution in [0.4, 0.5) is 0 Å². The molecule has 2 atom stereocenters. The summed E-state index contributed by atoms with van der Waals surface area (Å²) in [5.74, 6) is 1.72. The molecule has 0 aliphatic carbocycles. The van der Waals surface area contributed by atoms with Crippen molar-refractivity contribution in [1.82, 2.24) is 10.6 Å². The SMILES string of the molecule is CNCC1CNCC1C. The molecular weight excluding hydrogens is 112 g/mol. The maximum Gasteiger partial charge on any atom is -0.000523 e. The van der Waals surface area contributed by atoms with E-state index in [1.165, 1.54) is 13.1 Å². The van der Waals surface area contributed by atoms with Gasteiger partial charge in [0.25, 0.3) is 0 Å². The molecule has 0 aromatic carbocycles. The molecule has 0 spiro atoms. The zero-order valence-corrected chi connectivity index (χ0v) is 6.28. The Kier molecular flexibility index (Phi) is 2.49. The molecule has 1 saturated heterocycles. The van der Waals surface area contributed by atoms with E-state index in [9.17, 15) is 0 Å². The highest BCUT2D eigenvalue weighted by molar-refractivity contribution is 4.78. The van der Waals surface area contributed by atoms with Crippen LogP contribution in [0, 0.1) is 11.8 Å². The highest BCUT2D eigenvalue weighted by atomic mass is 14.9. The van der Waals surface area contributed by atoms with Crippen molar-refractivity contribution in [2.45, 2.75) is 6.92 Å². The maximum absolute atomic E-state index is 3.37. The van der Waals surface area contributed by atoms with Crippen LogP contribution < -0.4 is 10.6 Å². The Morgan fingerprint density at radius 3 is 2.78 bits per heavy atom. The molecular formula is C7H16N2. The summed E-state index contributed by atoms with van der Waals surface area (Å²) >= 11 is 0. The third-order valence-electron chi connectivity index (χ3n) is 2.14. The standard InChI is InChI=1S/C7H16N2/c1-6-3-9-5-7(6)4-8-2/h6-9H,3-5H2,1-2H3. The molecule has 0 aromatic heterocycles. The van der Waals surface area contributed by atoms with Gasteiger partial charge in [-0.25, -0.2) is 0 Å². The van der Waals surface area contributed by atoms with Crippen LogP contribution in [-0.4, -0.2) is 26.7 Å². The highest BCUT2D eigenvalue weighted by Gasteiger charge is 2.21. The first-order valence-corrected chi connectivity index (χ1v) is 3.70. The second kappa shape index (κ2) is 3.18. The number of hydrogen-bond donors (Lipinski definition) is 2. The van der Waals surface area contributed by atoms with E-state index in [-0.39, 0.29) is 0 Å². The van der Waals surface area contributed by atoms with E-state index in [1.807, 2.05) is 7.05 Å². The molecule has 9 heavy (non-hydrogen) atoms. The smallest absolute Gasteiger partial charge is 0.000523 e. The van der Waals surface area contributed by atoms with E-state index >= 15 is 0 Å². The van der Waals surface area contributed by atoms with Crippen LogP contribution in [0.2, 0.25) is 0 Å². The normalized spacial score (nSPS) is 35.3. The van der Waals surface area contributed by atoms with E-state index in [4.69, 9.17) is 0 Å². The zero-order valence-electron chi connectivity index (χ0n) is 6.28. The zero-order chi connectivity index (χ0) is 6.69. The summed E-state index contributed by atoms with van der Waals surface area (Å²) in [6, 6.07) is 0. The first kappa shape index (κ1) is 7.03. The van der Waals surface area contributed by atoms with Gasteiger partial charge >= 0.3 is 0 Å². The number of rotatable bonds is 2. The molecule has 2 nitrogen and oxygen atoms in total. The van der Waals surface area contributed by atoms with E-state index in [0.717, 1.165) is 18.4 Å². The number of nitrogens with one attached hydrogen (secondary N) is 2. The topological polar surface area (TPSA) is 24.1 Å². The molecule has 1 fully saturated rings. The average molecular weight is 128 g/mol. The van der Waals surface area contributed by atoms with Crippen molar-refractivity contribution in [3.8, 4) is 0 Å².